The van der Waals surface area contributed by atoms with Gasteiger partial charge in [0.1, 0.15) is 0 Å². The van der Waals surface area contributed by atoms with Crippen LogP contribution in [-0.2, 0) is 10.2 Å². The van der Waals surface area contributed by atoms with Crippen molar-refractivity contribution < 1.29 is 4.79 Å². The molecule has 1 aromatic rings. The van der Waals surface area contributed by atoms with Crippen molar-refractivity contribution in [2.24, 2.45) is 0 Å². The topological polar surface area (TPSA) is 41.1 Å². The lowest BCUT2D eigenvalue weighted by atomic mass is 9.75. The molecule has 1 amide bonds. The van der Waals surface area contributed by atoms with E-state index in [4.69, 9.17) is 0 Å². The Labute approximate surface area is 119 Å². The van der Waals surface area contributed by atoms with E-state index < -0.39 is 0 Å². The lowest BCUT2D eigenvalue weighted by molar-refractivity contribution is -0.115. The summed E-state index contributed by atoms with van der Waals surface area (Å²) >= 11 is 0. The third-order valence-corrected chi connectivity index (χ3v) is 4.83. The van der Waals surface area contributed by atoms with E-state index in [0.717, 1.165) is 49.9 Å². The number of nitrogens with one attached hydrogen (secondary N) is 2. The van der Waals surface area contributed by atoms with E-state index in [0.29, 0.717) is 6.04 Å². The normalized spacial score (nSPS) is 23.3. The van der Waals surface area contributed by atoms with Gasteiger partial charge in [-0.1, -0.05) is 30.3 Å². The highest BCUT2D eigenvalue weighted by Gasteiger charge is 2.41. The molecule has 1 aliphatic heterocycles. The first-order chi connectivity index (χ1) is 9.78. The Balaban J connectivity index is 1.74. The van der Waals surface area contributed by atoms with E-state index in [2.05, 4.69) is 34.9 Å². The zero-order valence-corrected chi connectivity index (χ0v) is 11.6. The standard InChI is InChI=1S/C17H20N2O/c20-16(19-12-5-6-12)14-11-17(7-9-18-10-8-17)15-4-2-1-3-13(14)15/h1-4,11-12,18H,5-10H2,(H,19,20). The summed E-state index contributed by atoms with van der Waals surface area (Å²) in [6.45, 7) is 2.06. The van der Waals surface area contributed by atoms with Gasteiger partial charge >= 0.3 is 0 Å². The van der Waals surface area contributed by atoms with Gasteiger partial charge in [-0.05, 0) is 49.9 Å². The molecule has 2 N–H and O–H groups in total. The molecular formula is C17H20N2O. The maximum atomic E-state index is 12.5. The molecule has 1 heterocycles. The third-order valence-electron chi connectivity index (χ3n) is 4.83. The van der Waals surface area contributed by atoms with Gasteiger partial charge in [0.15, 0.2) is 0 Å². The Morgan fingerprint density at radius 1 is 1.20 bits per heavy atom. The van der Waals surface area contributed by atoms with Crippen molar-refractivity contribution in [3.8, 4) is 0 Å². The predicted molar refractivity (Wildman–Crippen MR) is 79.4 cm³/mol. The largest absolute Gasteiger partial charge is 0.349 e. The van der Waals surface area contributed by atoms with Crippen LogP contribution in [0.5, 0.6) is 0 Å². The van der Waals surface area contributed by atoms with E-state index in [1.165, 1.54) is 5.56 Å². The minimum atomic E-state index is 0.0814. The number of allylic oxidation sites excluding steroid dienone is 1. The second-order valence-electron chi connectivity index (χ2n) is 6.26. The molecule has 2 fully saturated rings. The van der Waals surface area contributed by atoms with Gasteiger partial charge in [0.25, 0.3) is 5.91 Å². The van der Waals surface area contributed by atoms with Crippen LogP contribution in [0.4, 0.5) is 0 Å². The molecule has 0 radical (unpaired) electrons. The van der Waals surface area contributed by atoms with Crippen LogP contribution < -0.4 is 10.6 Å². The molecule has 0 unspecified atom stereocenters. The SMILES string of the molecule is O=C(NC1CC1)C1=CC2(CCNCC2)c2ccccc21. The first-order valence-electron chi connectivity index (χ1n) is 7.63. The molecule has 3 nitrogen and oxygen atoms in total. The highest BCUT2D eigenvalue weighted by molar-refractivity contribution is 6.21. The first-order valence-corrected chi connectivity index (χ1v) is 7.63. The Bertz CT molecular complexity index is 580. The lowest BCUT2D eigenvalue weighted by Crippen LogP contribution is -2.37. The second-order valence-corrected chi connectivity index (χ2v) is 6.26. The number of benzene rings is 1. The van der Waals surface area contributed by atoms with Crippen molar-refractivity contribution >= 4 is 11.5 Å². The summed E-state index contributed by atoms with van der Waals surface area (Å²) in [5, 5.41) is 6.56. The van der Waals surface area contributed by atoms with Crippen LogP contribution in [0.25, 0.3) is 5.57 Å². The number of fused-ring (bicyclic) bond motifs is 2. The Kier molecular flexibility index (Phi) is 2.71. The first kappa shape index (κ1) is 12.2. The van der Waals surface area contributed by atoms with Crippen LogP contribution in [0.1, 0.15) is 36.8 Å². The number of carbonyl (C=O) groups excluding carboxylic acids is 1. The Morgan fingerprint density at radius 2 is 1.95 bits per heavy atom. The molecule has 20 heavy (non-hydrogen) atoms. The van der Waals surface area contributed by atoms with Crippen LogP contribution in [0, 0.1) is 0 Å². The molecule has 0 bridgehead atoms. The molecule has 3 heteroatoms. The predicted octanol–water partition coefficient (Wildman–Crippen LogP) is 1.98. The minimum Gasteiger partial charge on any atom is -0.349 e. The fourth-order valence-corrected chi connectivity index (χ4v) is 3.55. The van der Waals surface area contributed by atoms with Crippen molar-refractivity contribution in [3.05, 3.63) is 41.5 Å². The fraction of sp³-hybridized carbons (Fsp3) is 0.471. The van der Waals surface area contributed by atoms with Crippen molar-refractivity contribution in [1.29, 1.82) is 0 Å². The van der Waals surface area contributed by atoms with Crippen LogP contribution in [0.15, 0.2) is 30.3 Å². The molecule has 104 valence electrons. The molecular weight excluding hydrogens is 248 g/mol. The Hall–Kier alpha value is -1.61. The summed E-state index contributed by atoms with van der Waals surface area (Å²) in [6.07, 6.45) is 6.69. The molecule has 1 saturated carbocycles. The van der Waals surface area contributed by atoms with E-state index in [-0.39, 0.29) is 11.3 Å². The van der Waals surface area contributed by atoms with Crippen LogP contribution in [0.3, 0.4) is 0 Å². The summed E-state index contributed by atoms with van der Waals surface area (Å²) in [4.78, 5) is 12.5. The van der Waals surface area contributed by atoms with Crippen LogP contribution in [-0.4, -0.2) is 25.0 Å². The number of rotatable bonds is 2. The molecule has 0 aromatic heterocycles. The maximum Gasteiger partial charge on any atom is 0.251 e. The number of hydrogen-bond acceptors (Lipinski definition) is 2. The molecule has 4 rings (SSSR count). The zero-order chi connectivity index (χ0) is 13.6. The van der Waals surface area contributed by atoms with Crippen LogP contribution >= 0.6 is 0 Å². The van der Waals surface area contributed by atoms with Crippen molar-refractivity contribution in [3.63, 3.8) is 0 Å². The van der Waals surface area contributed by atoms with Gasteiger partial charge in [0.05, 0.1) is 0 Å². The molecule has 3 aliphatic rings. The molecule has 1 aromatic carbocycles. The number of hydrogen-bond donors (Lipinski definition) is 2. The van der Waals surface area contributed by atoms with E-state index in [1.807, 2.05) is 6.07 Å². The monoisotopic (exact) mass is 268 g/mol. The third kappa shape index (κ3) is 1.88. The summed E-state index contributed by atoms with van der Waals surface area (Å²) in [6, 6.07) is 8.86. The lowest BCUT2D eigenvalue weighted by Gasteiger charge is -2.33. The molecule has 1 spiro atoms. The smallest absolute Gasteiger partial charge is 0.251 e. The van der Waals surface area contributed by atoms with Gasteiger partial charge in [0, 0.05) is 17.0 Å². The van der Waals surface area contributed by atoms with Gasteiger partial charge < -0.3 is 10.6 Å². The minimum absolute atomic E-state index is 0.0814. The molecule has 0 atom stereocenters. The second kappa shape index (κ2) is 4.45. The van der Waals surface area contributed by atoms with Crippen LogP contribution in [0.2, 0.25) is 0 Å². The van der Waals surface area contributed by atoms with E-state index >= 15 is 0 Å². The van der Waals surface area contributed by atoms with Crippen molar-refractivity contribution in [2.75, 3.05) is 13.1 Å². The van der Waals surface area contributed by atoms with Crippen molar-refractivity contribution in [2.45, 2.75) is 37.1 Å². The Morgan fingerprint density at radius 3 is 2.70 bits per heavy atom. The molecule has 1 saturated heterocycles. The average Bonchev–Trinajstić information content (AvgIpc) is 3.24. The average molecular weight is 268 g/mol. The highest BCUT2D eigenvalue weighted by atomic mass is 16.1. The van der Waals surface area contributed by atoms with Gasteiger partial charge in [0.2, 0.25) is 0 Å². The summed E-state index contributed by atoms with van der Waals surface area (Å²) in [7, 11) is 0. The van der Waals surface area contributed by atoms with Gasteiger partial charge in [-0.25, -0.2) is 0 Å². The number of carbonyl (C=O) groups is 1. The van der Waals surface area contributed by atoms with Gasteiger partial charge in [-0.3, -0.25) is 4.79 Å². The highest BCUT2D eigenvalue weighted by Crippen LogP contribution is 2.46. The van der Waals surface area contributed by atoms with E-state index in [1.54, 1.807) is 0 Å². The summed E-state index contributed by atoms with van der Waals surface area (Å²) in [5.41, 5.74) is 3.47. The summed E-state index contributed by atoms with van der Waals surface area (Å²) < 4.78 is 0. The maximum absolute atomic E-state index is 12.5. The van der Waals surface area contributed by atoms with Crippen molar-refractivity contribution in [1.82, 2.24) is 10.6 Å². The fourth-order valence-electron chi connectivity index (χ4n) is 3.55. The quantitative estimate of drug-likeness (QED) is 0.861. The summed E-state index contributed by atoms with van der Waals surface area (Å²) in [5.74, 6) is 0.121. The zero-order valence-electron chi connectivity index (χ0n) is 11.6. The van der Waals surface area contributed by atoms with E-state index in [9.17, 15) is 4.79 Å². The number of piperidine rings is 1. The van der Waals surface area contributed by atoms with Gasteiger partial charge in [-0.2, -0.15) is 0 Å². The van der Waals surface area contributed by atoms with Gasteiger partial charge in [-0.15, -0.1) is 0 Å². The molecule has 2 aliphatic carbocycles. The number of amides is 1.